The second-order valence-electron chi connectivity index (χ2n) is 5.03. The number of imidazole rings is 1. The molecule has 3 rings (SSSR count). The molecule has 6 nitrogen and oxygen atoms in total. The van der Waals surface area contributed by atoms with E-state index < -0.39 is 0 Å². The first kappa shape index (κ1) is 16.6. The molecule has 0 radical (unpaired) electrons. The number of H-pyrrole nitrogens is 2. The Morgan fingerprint density at radius 2 is 2.00 bits per heavy atom. The van der Waals surface area contributed by atoms with Crippen molar-refractivity contribution < 1.29 is 9.47 Å². The number of nitrogens with one attached hydrogen (secondary N) is 2. The highest BCUT2D eigenvalue weighted by atomic mass is 127. The normalized spacial score (nSPS) is 11.3. The first-order valence-corrected chi connectivity index (χ1v) is 8.45. The van der Waals surface area contributed by atoms with Gasteiger partial charge in [0.25, 0.3) is 0 Å². The second kappa shape index (κ2) is 7.08. The largest absolute Gasteiger partial charge is 0.493 e. The van der Waals surface area contributed by atoms with Gasteiger partial charge in [-0.25, -0.2) is 4.79 Å². The number of halogens is 1. The Kier molecular flexibility index (Phi) is 4.89. The number of hydrogen-bond acceptors (Lipinski definition) is 4. The fraction of sp³-hybridized carbons (Fsp3) is 0.176. The van der Waals surface area contributed by atoms with Gasteiger partial charge in [-0.3, -0.25) is 4.99 Å². The lowest BCUT2D eigenvalue weighted by Gasteiger charge is -2.12. The molecule has 24 heavy (non-hydrogen) atoms. The van der Waals surface area contributed by atoms with Gasteiger partial charge in [-0.1, -0.05) is 0 Å². The number of aromatic amines is 2. The number of fused-ring (bicyclic) bond motifs is 1. The minimum Gasteiger partial charge on any atom is -0.493 e. The molecule has 0 bridgehead atoms. The summed E-state index contributed by atoms with van der Waals surface area (Å²) in [6.45, 7) is 2.51. The van der Waals surface area contributed by atoms with Gasteiger partial charge in [0, 0.05) is 6.21 Å². The lowest BCUT2D eigenvalue weighted by Crippen LogP contribution is -1.99. The molecule has 0 aliphatic heterocycles. The van der Waals surface area contributed by atoms with Crippen molar-refractivity contribution in [2.24, 2.45) is 4.99 Å². The fourth-order valence-corrected chi connectivity index (χ4v) is 3.13. The molecule has 0 saturated carbocycles. The molecular formula is C17H16IN3O3. The molecule has 0 amide bonds. The van der Waals surface area contributed by atoms with E-state index in [9.17, 15) is 4.79 Å². The van der Waals surface area contributed by atoms with E-state index in [4.69, 9.17) is 9.47 Å². The molecule has 2 aromatic carbocycles. The van der Waals surface area contributed by atoms with E-state index in [1.54, 1.807) is 13.3 Å². The summed E-state index contributed by atoms with van der Waals surface area (Å²) in [6.07, 6.45) is 1.76. The third kappa shape index (κ3) is 3.45. The summed E-state index contributed by atoms with van der Waals surface area (Å²) >= 11 is 2.22. The minimum absolute atomic E-state index is 0.225. The summed E-state index contributed by atoms with van der Waals surface area (Å²) in [5.74, 6) is 1.42. The summed E-state index contributed by atoms with van der Waals surface area (Å²) in [7, 11) is 1.62. The Morgan fingerprint density at radius 3 is 2.75 bits per heavy atom. The Labute approximate surface area is 152 Å². The predicted molar refractivity (Wildman–Crippen MR) is 103 cm³/mol. The summed E-state index contributed by atoms with van der Waals surface area (Å²) in [5, 5.41) is 0. The predicted octanol–water partition coefficient (Wildman–Crippen LogP) is 3.62. The van der Waals surface area contributed by atoms with Crippen molar-refractivity contribution in [1.29, 1.82) is 0 Å². The summed E-state index contributed by atoms with van der Waals surface area (Å²) in [4.78, 5) is 21.2. The number of ether oxygens (including phenoxy) is 2. The van der Waals surface area contributed by atoms with Crippen LogP contribution in [0.3, 0.4) is 0 Å². The number of benzene rings is 2. The average molecular weight is 437 g/mol. The second-order valence-corrected chi connectivity index (χ2v) is 6.20. The van der Waals surface area contributed by atoms with E-state index in [1.807, 2.05) is 37.3 Å². The van der Waals surface area contributed by atoms with Gasteiger partial charge >= 0.3 is 5.69 Å². The van der Waals surface area contributed by atoms with Crippen LogP contribution in [0.5, 0.6) is 11.5 Å². The van der Waals surface area contributed by atoms with Crippen LogP contribution in [-0.4, -0.2) is 29.9 Å². The molecule has 0 aliphatic carbocycles. The zero-order valence-electron chi connectivity index (χ0n) is 13.2. The van der Waals surface area contributed by atoms with E-state index in [0.717, 1.165) is 31.6 Å². The fourth-order valence-electron chi connectivity index (χ4n) is 2.35. The van der Waals surface area contributed by atoms with Crippen molar-refractivity contribution in [3.63, 3.8) is 0 Å². The Bertz CT molecular complexity index is 959. The minimum atomic E-state index is -0.225. The van der Waals surface area contributed by atoms with Crippen molar-refractivity contribution in [1.82, 2.24) is 9.97 Å². The highest BCUT2D eigenvalue weighted by Gasteiger charge is 2.10. The first-order valence-electron chi connectivity index (χ1n) is 7.37. The van der Waals surface area contributed by atoms with E-state index in [-0.39, 0.29) is 5.69 Å². The van der Waals surface area contributed by atoms with E-state index in [2.05, 4.69) is 37.6 Å². The summed E-state index contributed by atoms with van der Waals surface area (Å²) in [6, 6.07) is 9.35. The monoisotopic (exact) mass is 437 g/mol. The Balaban J connectivity index is 1.92. The molecule has 2 N–H and O–H groups in total. The van der Waals surface area contributed by atoms with E-state index in [1.165, 1.54) is 0 Å². The lowest BCUT2D eigenvalue weighted by atomic mass is 10.2. The molecule has 0 saturated heterocycles. The average Bonchev–Trinajstić information content (AvgIpc) is 2.94. The zero-order valence-corrected chi connectivity index (χ0v) is 15.4. The van der Waals surface area contributed by atoms with Crippen molar-refractivity contribution in [3.8, 4) is 11.5 Å². The topological polar surface area (TPSA) is 79.5 Å². The highest BCUT2D eigenvalue weighted by molar-refractivity contribution is 14.1. The molecule has 0 spiro atoms. The van der Waals surface area contributed by atoms with Crippen molar-refractivity contribution >= 4 is 45.5 Å². The van der Waals surface area contributed by atoms with Gasteiger partial charge in [-0.15, -0.1) is 0 Å². The number of rotatable bonds is 5. The quantitative estimate of drug-likeness (QED) is 0.473. The lowest BCUT2D eigenvalue weighted by molar-refractivity contribution is 0.308. The molecule has 0 atom stereocenters. The van der Waals surface area contributed by atoms with Gasteiger partial charge in [-0.05, 0) is 65.4 Å². The van der Waals surface area contributed by atoms with Gasteiger partial charge in [0.1, 0.15) is 0 Å². The molecule has 3 aromatic rings. The van der Waals surface area contributed by atoms with Crippen LogP contribution in [0.4, 0.5) is 5.69 Å². The van der Waals surface area contributed by atoms with Crippen molar-refractivity contribution in [2.75, 3.05) is 13.7 Å². The van der Waals surface area contributed by atoms with Gasteiger partial charge in [0.05, 0.1) is 34.0 Å². The summed E-state index contributed by atoms with van der Waals surface area (Å²) < 4.78 is 12.0. The number of hydrogen-bond donors (Lipinski definition) is 2. The van der Waals surface area contributed by atoms with Gasteiger partial charge in [0.15, 0.2) is 11.5 Å². The van der Waals surface area contributed by atoms with Crippen molar-refractivity contribution in [3.05, 3.63) is 49.9 Å². The van der Waals surface area contributed by atoms with Crippen LogP contribution in [0.2, 0.25) is 0 Å². The molecular weight excluding hydrogens is 421 g/mol. The Morgan fingerprint density at radius 1 is 1.21 bits per heavy atom. The van der Waals surface area contributed by atoms with E-state index in [0.29, 0.717) is 12.4 Å². The maximum absolute atomic E-state index is 11.3. The third-order valence-corrected chi connectivity index (χ3v) is 4.20. The number of aromatic nitrogens is 2. The zero-order chi connectivity index (χ0) is 17.1. The molecule has 7 heteroatoms. The third-order valence-electron chi connectivity index (χ3n) is 3.40. The van der Waals surface area contributed by atoms with Crippen LogP contribution in [0.15, 0.2) is 40.1 Å². The van der Waals surface area contributed by atoms with Crippen LogP contribution in [0, 0.1) is 3.57 Å². The SMILES string of the molecule is CCOc1c(I)cc(C=Nc2ccc3[nH]c(=O)[nH]c3c2)cc1OC. The maximum Gasteiger partial charge on any atom is 0.323 e. The van der Waals surface area contributed by atoms with Gasteiger partial charge in [-0.2, -0.15) is 0 Å². The number of nitrogens with zero attached hydrogens (tertiary/aromatic N) is 1. The van der Waals surface area contributed by atoms with Crippen LogP contribution < -0.4 is 15.2 Å². The molecule has 1 aromatic heterocycles. The molecule has 0 unspecified atom stereocenters. The van der Waals surface area contributed by atoms with Crippen LogP contribution in [-0.2, 0) is 0 Å². The van der Waals surface area contributed by atoms with Gasteiger partial charge in [0.2, 0.25) is 0 Å². The Hall–Kier alpha value is -2.29. The van der Waals surface area contributed by atoms with Crippen LogP contribution >= 0.6 is 22.6 Å². The smallest absolute Gasteiger partial charge is 0.323 e. The molecule has 0 fully saturated rings. The molecule has 124 valence electrons. The van der Waals surface area contributed by atoms with Crippen LogP contribution in [0.25, 0.3) is 11.0 Å². The number of methoxy groups -OCH3 is 1. The maximum atomic E-state index is 11.3. The molecule has 0 aliphatic rings. The summed E-state index contributed by atoms with van der Waals surface area (Å²) in [5.41, 5.74) is 2.92. The van der Waals surface area contributed by atoms with E-state index >= 15 is 0 Å². The first-order chi connectivity index (χ1) is 11.6. The van der Waals surface area contributed by atoms with Crippen molar-refractivity contribution in [2.45, 2.75) is 6.92 Å². The molecule has 1 heterocycles. The van der Waals surface area contributed by atoms with Crippen LogP contribution in [0.1, 0.15) is 12.5 Å². The highest BCUT2D eigenvalue weighted by Crippen LogP contribution is 2.33. The standard InChI is InChI=1S/C17H16IN3O3/c1-3-24-16-12(18)6-10(7-15(16)23-2)9-19-11-4-5-13-14(8-11)21-17(22)20-13/h4-9H,3H2,1-2H3,(H2,20,21,22). The van der Waals surface area contributed by atoms with Gasteiger partial charge < -0.3 is 19.4 Å². The number of aliphatic imine (C=N–C) groups is 1.